The third-order valence-electron chi connectivity index (χ3n) is 1.35. The van der Waals surface area contributed by atoms with Crippen LogP contribution in [-0.2, 0) is 14.1 Å². The normalized spacial score (nSPS) is 11.2. The molecule has 9 heteroatoms. The van der Waals surface area contributed by atoms with Crippen LogP contribution in [0.25, 0.3) is 0 Å². The molecule has 0 aromatic carbocycles. The molecule has 16 heavy (non-hydrogen) atoms. The SMILES string of the molecule is CCOC(=O)c1scc(Br)c1OS(=O)(=O)Cl. The summed E-state index contributed by atoms with van der Waals surface area (Å²) in [5.74, 6) is -0.813. The van der Waals surface area contributed by atoms with Crippen LogP contribution in [0, 0.1) is 0 Å². The molecule has 0 aliphatic rings. The van der Waals surface area contributed by atoms with Gasteiger partial charge in [0.25, 0.3) is 0 Å². The quantitative estimate of drug-likeness (QED) is 0.617. The summed E-state index contributed by atoms with van der Waals surface area (Å²) >= 11 is 4.04. The maximum atomic E-state index is 11.4. The second-order valence-electron chi connectivity index (χ2n) is 2.44. The number of ether oxygens (including phenoxy) is 1. The van der Waals surface area contributed by atoms with Gasteiger partial charge in [-0.05, 0) is 22.9 Å². The van der Waals surface area contributed by atoms with E-state index in [-0.39, 0.29) is 17.2 Å². The van der Waals surface area contributed by atoms with E-state index in [1.165, 1.54) is 5.38 Å². The molecule has 0 unspecified atom stereocenters. The van der Waals surface area contributed by atoms with E-state index in [0.717, 1.165) is 11.3 Å². The van der Waals surface area contributed by atoms with Crippen molar-refractivity contribution in [1.29, 1.82) is 0 Å². The average Bonchev–Trinajstić information content (AvgIpc) is 2.46. The van der Waals surface area contributed by atoms with Crippen LogP contribution in [0.5, 0.6) is 5.75 Å². The van der Waals surface area contributed by atoms with Crippen molar-refractivity contribution in [3.8, 4) is 5.75 Å². The van der Waals surface area contributed by atoms with E-state index in [1.807, 2.05) is 0 Å². The lowest BCUT2D eigenvalue weighted by Gasteiger charge is -2.03. The molecule has 0 radical (unpaired) electrons. The third-order valence-corrected chi connectivity index (χ3v) is 3.74. The molecule has 1 rings (SSSR count). The van der Waals surface area contributed by atoms with E-state index in [0.29, 0.717) is 4.47 Å². The van der Waals surface area contributed by atoms with Crippen LogP contribution >= 0.6 is 37.9 Å². The number of esters is 1. The van der Waals surface area contributed by atoms with E-state index in [2.05, 4.69) is 20.1 Å². The minimum absolute atomic E-state index is 0.0398. The molecular formula is C7H6BrClO5S2. The summed E-state index contributed by atoms with van der Waals surface area (Å²) < 4.78 is 31.0. The average molecular weight is 350 g/mol. The van der Waals surface area contributed by atoms with Crippen molar-refractivity contribution in [3.05, 3.63) is 14.7 Å². The Hall–Kier alpha value is -0.310. The molecule has 0 saturated carbocycles. The minimum atomic E-state index is -4.20. The summed E-state index contributed by atoms with van der Waals surface area (Å²) in [5.41, 5.74) is 0. The zero-order chi connectivity index (χ0) is 12.3. The topological polar surface area (TPSA) is 69.7 Å². The first kappa shape index (κ1) is 13.8. The van der Waals surface area contributed by atoms with Gasteiger partial charge in [0.2, 0.25) is 0 Å². The third kappa shape index (κ3) is 3.62. The number of thiophene rings is 1. The predicted octanol–water partition coefficient (Wildman–Crippen LogP) is 2.55. The molecule has 0 atom stereocenters. The smallest absolute Gasteiger partial charge is 0.401 e. The van der Waals surface area contributed by atoms with Crippen molar-refractivity contribution < 1.29 is 22.1 Å². The van der Waals surface area contributed by atoms with E-state index in [9.17, 15) is 13.2 Å². The Morgan fingerprint density at radius 1 is 1.62 bits per heavy atom. The summed E-state index contributed by atoms with van der Waals surface area (Å²) in [4.78, 5) is 11.5. The van der Waals surface area contributed by atoms with Crippen LogP contribution in [0.2, 0.25) is 0 Å². The number of carbonyl (C=O) groups is 1. The van der Waals surface area contributed by atoms with Crippen molar-refractivity contribution in [2.75, 3.05) is 6.61 Å². The second kappa shape index (κ2) is 5.35. The van der Waals surface area contributed by atoms with Crippen LogP contribution in [0.3, 0.4) is 0 Å². The van der Waals surface area contributed by atoms with Crippen LogP contribution in [0.15, 0.2) is 9.85 Å². The number of hydrogen-bond donors (Lipinski definition) is 0. The highest BCUT2D eigenvalue weighted by molar-refractivity contribution is 9.10. The molecule has 0 bridgehead atoms. The summed E-state index contributed by atoms with van der Waals surface area (Å²) in [6.45, 7) is 1.82. The van der Waals surface area contributed by atoms with Gasteiger partial charge in [0.05, 0.1) is 21.8 Å². The van der Waals surface area contributed by atoms with E-state index < -0.39 is 15.3 Å². The lowest BCUT2D eigenvalue weighted by molar-refractivity contribution is 0.0530. The molecule has 1 aromatic rings. The molecule has 0 saturated heterocycles. The fraction of sp³-hybridized carbons (Fsp3) is 0.286. The monoisotopic (exact) mass is 348 g/mol. The van der Waals surface area contributed by atoms with Crippen molar-refractivity contribution in [3.63, 3.8) is 0 Å². The van der Waals surface area contributed by atoms with Gasteiger partial charge in [0.1, 0.15) is 0 Å². The highest BCUT2D eigenvalue weighted by Crippen LogP contribution is 2.36. The minimum Gasteiger partial charge on any atom is -0.462 e. The van der Waals surface area contributed by atoms with Gasteiger partial charge in [-0.1, -0.05) is 0 Å². The van der Waals surface area contributed by atoms with Gasteiger partial charge >= 0.3 is 15.3 Å². The zero-order valence-electron chi connectivity index (χ0n) is 7.90. The Morgan fingerprint density at radius 2 is 2.25 bits per heavy atom. The molecule has 1 heterocycles. The van der Waals surface area contributed by atoms with Crippen LogP contribution < -0.4 is 4.18 Å². The Kier molecular flexibility index (Phi) is 4.60. The van der Waals surface area contributed by atoms with Gasteiger partial charge in [-0.3, -0.25) is 0 Å². The van der Waals surface area contributed by atoms with Crippen molar-refractivity contribution in [2.24, 2.45) is 0 Å². The Labute approximate surface area is 109 Å². The summed E-state index contributed by atoms with van der Waals surface area (Å²) in [6.07, 6.45) is 0. The number of halogens is 2. The van der Waals surface area contributed by atoms with E-state index in [4.69, 9.17) is 15.4 Å². The van der Waals surface area contributed by atoms with E-state index in [1.54, 1.807) is 6.92 Å². The standard InChI is InChI=1S/C7H6BrClO5S2/c1-2-13-7(10)6-5(4(8)3-15-6)14-16(9,11)12/h3H,2H2,1H3. The lowest BCUT2D eigenvalue weighted by Crippen LogP contribution is -2.07. The first-order valence-electron chi connectivity index (χ1n) is 3.93. The molecule has 1 aromatic heterocycles. The second-order valence-corrected chi connectivity index (χ2v) is 6.26. The summed E-state index contributed by atoms with van der Waals surface area (Å²) in [5, 5.41) is 1.50. The molecule has 0 aliphatic carbocycles. The first-order chi connectivity index (χ1) is 7.35. The highest BCUT2D eigenvalue weighted by Gasteiger charge is 2.23. The van der Waals surface area contributed by atoms with Gasteiger partial charge in [-0.2, -0.15) is 8.42 Å². The van der Waals surface area contributed by atoms with Crippen molar-refractivity contribution in [1.82, 2.24) is 0 Å². The Morgan fingerprint density at radius 3 is 2.75 bits per heavy atom. The maximum absolute atomic E-state index is 11.4. The van der Waals surface area contributed by atoms with Gasteiger partial charge < -0.3 is 8.92 Å². The molecule has 0 amide bonds. The van der Waals surface area contributed by atoms with Crippen molar-refractivity contribution in [2.45, 2.75) is 6.92 Å². The van der Waals surface area contributed by atoms with Gasteiger partial charge in [0.15, 0.2) is 10.6 Å². The lowest BCUT2D eigenvalue weighted by atomic mass is 10.4. The number of hydrogen-bond acceptors (Lipinski definition) is 6. The predicted molar refractivity (Wildman–Crippen MR) is 63.4 cm³/mol. The molecule has 0 aliphatic heterocycles. The van der Waals surface area contributed by atoms with Gasteiger partial charge in [0, 0.05) is 5.38 Å². The largest absolute Gasteiger partial charge is 0.462 e. The summed E-state index contributed by atoms with van der Waals surface area (Å²) in [6, 6.07) is 0. The fourth-order valence-electron chi connectivity index (χ4n) is 0.841. The van der Waals surface area contributed by atoms with E-state index >= 15 is 0 Å². The molecular weight excluding hydrogens is 344 g/mol. The zero-order valence-corrected chi connectivity index (χ0v) is 11.9. The molecule has 0 N–H and O–H groups in total. The Bertz CT molecular complexity index is 495. The first-order valence-corrected chi connectivity index (χ1v) is 7.84. The van der Waals surface area contributed by atoms with Gasteiger partial charge in [-0.25, -0.2) is 4.79 Å². The van der Waals surface area contributed by atoms with Crippen LogP contribution in [0.1, 0.15) is 16.6 Å². The van der Waals surface area contributed by atoms with Crippen molar-refractivity contribution >= 4 is 53.3 Å². The Balaban J connectivity index is 3.08. The van der Waals surface area contributed by atoms with Gasteiger partial charge in [-0.15, -0.1) is 11.3 Å². The molecule has 0 fully saturated rings. The molecule has 90 valence electrons. The van der Waals surface area contributed by atoms with Crippen LogP contribution in [0.4, 0.5) is 0 Å². The highest BCUT2D eigenvalue weighted by atomic mass is 79.9. The molecule has 0 spiro atoms. The maximum Gasteiger partial charge on any atom is 0.401 e. The molecule has 5 nitrogen and oxygen atoms in total. The number of rotatable bonds is 4. The fourth-order valence-corrected chi connectivity index (χ4v) is 2.99. The van der Waals surface area contributed by atoms with Crippen LogP contribution in [-0.4, -0.2) is 21.0 Å². The number of carbonyl (C=O) groups excluding carboxylic acids is 1. The summed E-state index contributed by atoms with van der Waals surface area (Å²) in [7, 11) is 0.733.